The Balaban J connectivity index is 2.59. The summed E-state index contributed by atoms with van der Waals surface area (Å²) in [7, 11) is 0. The van der Waals surface area contributed by atoms with E-state index in [0.29, 0.717) is 0 Å². The Bertz CT molecular complexity index is 419. The lowest BCUT2D eigenvalue weighted by Gasteiger charge is -2.10. The van der Waals surface area contributed by atoms with E-state index in [4.69, 9.17) is 5.73 Å². The number of rotatable bonds is 2. The minimum Gasteiger partial charge on any atom is -0.399 e. The predicted octanol–water partition coefficient (Wildman–Crippen LogP) is 2.09. The first-order valence-corrected chi connectivity index (χ1v) is 4.44. The molecule has 0 aromatic heterocycles. The number of carbonyl (C=O) groups is 1. The summed E-state index contributed by atoms with van der Waals surface area (Å²) in [5, 5.41) is 3.45. The number of nitrogen functional groups attached to an aromatic ring is 1. The van der Waals surface area contributed by atoms with E-state index in [-0.39, 0.29) is 11.4 Å². The van der Waals surface area contributed by atoms with Crippen molar-refractivity contribution < 1.29 is 22.4 Å². The highest BCUT2D eigenvalue weighted by atomic mass is 19.4. The molecule has 0 saturated carbocycles. The number of amides is 2. The molecule has 1 aromatic carbocycles. The molecule has 4 N–H and O–H groups in total. The monoisotopic (exact) mass is 251 g/mol. The van der Waals surface area contributed by atoms with Gasteiger partial charge in [-0.3, -0.25) is 0 Å². The van der Waals surface area contributed by atoms with E-state index >= 15 is 0 Å². The number of hydrogen-bond acceptors (Lipinski definition) is 2. The van der Waals surface area contributed by atoms with Gasteiger partial charge >= 0.3 is 12.2 Å². The lowest BCUT2D eigenvalue weighted by atomic mass is 10.2. The van der Waals surface area contributed by atoms with E-state index < -0.39 is 24.6 Å². The van der Waals surface area contributed by atoms with E-state index in [1.54, 1.807) is 0 Å². The van der Waals surface area contributed by atoms with Crippen molar-refractivity contribution in [3.05, 3.63) is 24.0 Å². The highest BCUT2D eigenvalue weighted by Crippen LogP contribution is 2.17. The number of anilines is 2. The molecule has 0 bridgehead atoms. The van der Waals surface area contributed by atoms with E-state index in [9.17, 15) is 22.4 Å². The summed E-state index contributed by atoms with van der Waals surface area (Å²) in [6, 6.07) is 2.19. The van der Waals surface area contributed by atoms with Crippen molar-refractivity contribution in [2.24, 2.45) is 0 Å². The van der Waals surface area contributed by atoms with Crippen molar-refractivity contribution in [3.8, 4) is 0 Å². The third-order valence-electron chi connectivity index (χ3n) is 1.69. The van der Waals surface area contributed by atoms with Gasteiger partial charge in [0.1, 0.15) is 12.4 Å². The molecule has 1 rings (SSSR count). The summed E-state index contributed by atoms with van der Waals surface area (Å²) in [5.74, 6) is -0.790. The molecule has 17 heavy (non-hydrogen) atoms. The first kappa shape index (κ1) is 13.1. The molecule has 0 heterocycles. The van der Waals surface area contributed by atoms with Crippen LogP contribution in [0.1, 0.15) is 0 Å². The molecule has 8 heteroatoms. The molecule has 94 valence electrons. The second kappa shape index (κ2) is 4.89. The van der Waals surface area contributed by atoms with Crippen LogP contribution in [0.5, 0.6) is 0 Å². The van der Waals surface area contributed by atoms with Crippen molar-refractivity contribution >= 4 is 17.4 Å². The first-order valence-electron chi connectivity index (χ1n) is 4.44. The van der Waals surface area contributed by atoms with Gasteiger partial charge in [-0.05, 0) is 18.2 Å². The normalized spacial score (nSPS) is 11.1. The molecule has 0 aliphatic rings. The quantitative estimate of drug-likeness (QED) is 0.556. The SMILES string of the molecule is Nc1ccc(F)c(NC(=O)NCC(F)(F)F)c1. The maximum atomic E-state index is 13.1. The summed E-state index contributed by atoms with van der Waals surface area (Å²) >= 11 is 0. The minimum absolute atomic E-state index is 0.178. The van der Waals surface area contributed by atoms with Crippen molar-refractivity contribution in [1.82, 2.24) is 5.32 Å². The van der Waals surface area contributed by atoms with Gasteiger partial charge in [-0.2, -0.15) is 13.2 Å². The van der Waals surface area contributed by atoms with Crippen molar-refractivity contribution in [1.29, 1.82) is 0 Å². The summed E-state index contributed by atoms with van der Waals surface area (Å²) in [4.78, 5) is 11.0. The van der Waals surface area contributed by atoms with Crippen LogP contribution in [0, 0.1) is 5.82 Å². The van der Waals surface area contributed by atoms with Gasteiger partial charge in [-0.15, -0.1) is 0 Å². The van der Waals surface area contributed by atoms with E-state index in [1.807, 2.05) is 5.32 Å². The number of urea groups is 1. The molecule has 0 aliphatic heterocycles. The van der Waals surface area contributed by atoms with Crippen LogP contribution in [0.4, 0.5) is 33.7 Å². The first-order chi connectivity index (χ1) is 7.78. The molecule has 0 fully saturated rings. The maximum absolute atomic E-state index is 13.1. The standard InChI is InChI=1S/C9H9F4N3O/c10-6-2-1-5(14)3-7(6)16-8(17)15-4-9(11,12)13/h1-3H,4,14H2,(H2,15,16,17). The molecular formula is C9H9F4N3O. The summed E-state index contributed by atoms with van der Waals surface area (Å²) in [6.07, 6.45) is -4.52. The Kier molecular flexibility index (Phi) is 3.77. The van der Waals surface area contributed by atoms with Gasteiger partial charge < -0.3 is 16.4 Å². The number of carbonyl (C=O) groups excluding carboxylic acids is 1. The van der Waals surface area contributed by atoms with Crippen LogP contribution in [-0.4, -0.2) is 18.8 Å². The summed E-state index contributed by atoms with van der Waals surface area (Å²) in [6.45, 7) is -1.50. The van der Waals surface area contributed by atoms with Gasteiger partial charge in [0, 0.05) is 5.69 Å². The van der Waals surface area contributed by atoms with Gasteiger partial charge in [0.25, 0.3) is 0 Å². The zero-order valence-corrected chi connectivity index (χ0v) is 8.44. The molecule has 0 spiro atoms. The number of nitrogens with two attached hydrogens (primary N) is 1. The second-order valence-corrected chi connectivity index (χ2v) is 3.16. The summed E-state index contributed by atoms with van der Waals surface area (Å²) < 4.78 is 48.4. The number of benzene rings is 1. The average Bonchev–Trinajstić information content (AvgIpc) is 2.20. The van der Waals surface area contributed by atoms with E-state index in [0.717, 1.165) is 12.1 Å². The number of hydrogen-bond donors (Lipinski definition) is 3. The van der Waals surface area contributed by atoms with E-state index in [1.165, 1.54) is 11.4 Å². The van der Waals surface area contributed by atoms with Gasteiger partial charge in [0.15, 0.2) is 0 Å². The average molecular weight is 251 g/mol. The fourth-order valence-electron chi connectivity index (χ4n) is 0.986. The van der Waals surface area contributed by atoms with Crippen molar-refractivity contribution in [2.75, 3.05) is 17.6 Å². The Morgan fingerprint density at radius 2 is 2.00 bits per heavy atom. The van der Waals surface area contributed by atoms with Gasteiger partial charge in [0.05, 0.1) is 5.69 Å². The molecule has 0 atom stereocenters. The number of halogens is 4. The predicted molar refractivity (Wildman–Crippen MR) is 53.9 cm³/mol. The minimum atomic E-state index is -4.52. The maximum Gasteiger partial charge on any atom is 0.405 e. The molecule has 2 amide bonds. The van der Waals surface area contributed by atoms with Crippen LogP contribution in [0.25, 0.3) is 0 Å². The van der Waals surface area contributed by atoms with Gasteiger partial charge in [-0.1, -0.05) is 0 Å². The van der Waals surface area contributed by atoms with Crippen LogP contribution in [0.15, 0.2) is 18.2 Å². The Morgan fingerprint density at radius 3 is 2.59 bits per heavy atom. The van der Waals surface area contributed by atoms with E-state index in [2.05, 4.69) is 0 Å². The number of alkyl halides is 3. The molecule has 1 aromatic rings. The third-order valence-corrected chi connectivity index (χ3v) is 1.69. The second-order valence-electron chi connectivity index (χ2n) is 3.16. The fourth-order valence-corrected chi connectivity index (χ4v) is 0.986. The van der Waals surface area contributed by atoms with Crippen LogP contribution in [0.2, 0.25) is 0 Å². The third kappa shape index (κ3) is 4.58. The van der Waals surface area contributed by atoms with Crippen molar-refractivity contribution in [2.45, 2.75) is 6.18 Å². The van der Waals surface area contributed by atoms with Crippen LogP contribution in [0.3, 0.4) is 0 Å². The van der Waals surface area contributed by atoms with Gasteiger partial charge in [0.2, 0.25) is 0 Å². The molecule has 4 nitrogen and oxygen atoms in total. The number of nitrogens with one attached hydrogen (secondary N) is 2. The fraction of sp³-hybridized carbons (Fsp3) is 0.222. The summed E-state index contributed by atoms with van der Waals surface area (Å²) in [5.41, 5.74) is 5.22. The highest BCUT2D eigenvalue weighted by molar-refractivity contribution is 5.89. The zero-order valence-electron chi connectivity index (χ0n) is 8.44. The molecule has 0 unspecified atom stereocenters. The lowest BCUT2D eigenvalue weighted by molar-refractivity contribution is -0.122. The molecule has 0 radical (unpaired) electrons. The molecule has 0 saturated heterocycles. The van der Waals surface area contributed by atoms with Crippen LogP contribution in [-0.2, 0) is 0 Å². The molecular weight excluding hydrogens is 242 g/mol. The lowest BCUT2D eigenvalue weighted by Crippen LogP contribution is -2.36. The Hall–Kier alpha value is -1.99. The highest BCUT2D eigenvalue weighted by Gasteiger charge is 2.27. The van der Waals surface area contributed by atoms with Crippen LogP contribution < -0.4 is 16.4 Å². The van der Waals surface area contributed by atoms with Gasteiger partial charge in [-0.25, -0.2) is 9.18 Å². The largest absolute Gasteiger partial charge is 0.405 e. The van der Waals surface area contributed by atoms with Crippen molar-refractivity contribution in [3.63, 3.8) is 0 Å². The topological polar surface area (TPSA) is 67.1 Å². The zero-order chi connectivity index (χ0) is 13.1. The van der Waals surface area contributed by atoms with Crippen LogP contribution >= 0.6 is 0 Å². The Morgan fingerprint density at radius 1 is 1.35 bits per heavy atom. The molecule has 0 aliphatic carbocycles. The Labute approximate surface area is 93.8 Å². The smallest absolute Gasteiger partial charge is 0.399 e.